The molecular weight excluding hydrogens is 254 g/mol. The molecule has 0 amide bonds. The average molecular weight is 271 g/mol. The van der Waals surface area contributed by atoms with Crippen LogP contribution in [0.1, 0.15) is 16.8 Å². The molecule has 0 aliphatic heterocycles. The number of nitrogens with zero attached hydrogens (tertiary/aromatic N) is 1. The van der Waals surface area contributed by atoms with Crippen LogP contribution in [0, 0.1) is 6.92 Å². The van der Waals surface area contributed by atoms with Crippen molar-refractivity contribution in [2.24, 2.45) is 0 Å². The fourth-order valence-electron chi connectivity index (χ4n) is 2.32. The molecule has 0 radical (unpaired) electrons. The molecule has 0 aliphatic rings. The molecule has 0 bridgehead atoms. The maximum Gasteiger partial charge on any atom is 0.0711 e. The van der Waals surface area contributed by atoms with Crippen LogP contribution in [-0.2, 0) is 0 Å². The summed E-state index contributed by atoms with van der Waals surface area (Å²) in [5.41, 5.74) is 5.59. The molecule has 0 fully saturated rings. The highest BCUT2D eigenvalue weighted by Gasteiger charge is 2.03. The van der Waals surface area contributed by atoms with Gasteiger partial charge in [0.25, 0.3) is 0 Å². The van der Waals surface area contributed by atoms with Crippen LogP contribution in [0.15, 0.2) is 72.8 Å². The molecular formula is C20H17N. The standard InChI is InChI=1S/C20H17N/c1-16-8-7-13-20(21-16)19-12-6-5-11-18(19)15-14-17-9-3-2-4-10-17/h2-15H,1H3/b15-14+. The minimum atomic E-state index is 1.02. The Bertz CT molecular complexity index is 758. The van der Waals surface area contributed by atoms with E-state index in [1.165, 1.54) is 11.1 Å². The topological polar surface area (TPSA) is 12.9 Å². The Hall–Kier alpha value is -2.67. The molecule has 3 rings (SSSR count). The molecule has 0 spiro atoms. The third kappa shape index (κ3) is 3.26. The monoisotopic (exact) mass is 271 g/mol. The first-order valence-electron chi connectivity index (χ1n) is 7.09. The van der Waals surface area contributed by atoms with E-state index in [2.05, 4.69) is 65.7 Å². The highest BCUT2D eigenvalue weighted by atomic mass is 14.7. The van der Waals surface area contributed by atoms with Crippen molar-refractivity contribution in [3.63, 3.8) is 0 Å². The predicted molar refractivity (Wildman–Crippen MR) is 89.8 cm³/mol. The van der Waals surface area contributed by atoms with E-state index < -0.39 is 0 Å². The molecule has 3 aromatic rings. The molecule has 102 valence electrons. The van der Waals surface area contributed by atoms with E-state index in [4.69, 9.17) is 0 Å². The third-order valence-corrected chi connectivity index (χ3v) is 3.38. The van der Waals surface area contributed by atoms with Gasteiger partial charge in [-0.25, -0.2) is 0 Å². The second kappa shape index (κ2) is 6.19. The summed E-state index contributed by atoms with van der Waals surface area (Å²) in [4.78, 5) is 4.63. The zero-order valence-electron chi connectivity index (χ0n) is 12.0. The zero-order valence-corrected chi connectivity index (χ0v) is 12.0. The lowest BCUT2D eigenvalue weighted by atomic mass is 10.0. The van der Waals surface area contributed by atoms with Crippen LogP contribution >= 0.6 is 0 Å². The molecule has 0 aliphatic carbocycles. The molecule has 0 saturated carbocycles. The normalized spacial score (nSPS) is 10.9. The minimum Gasteiger partial charge on any atom is -0.253 e. The Morgan fingerprint density at radius 3 is 2.29 bits per heavy atom. The van der Waals surface area contributed by atoms with Crippen LogP contribution in [0.25, 0.3) is 23.4 Å². The molecule has 0 saturated heterocycles. The largest absolute Gasteiger partial charge is 0.253 e. The summed E-state index contributed by atoms with van der Waals surface area (Å²) in [6.45, 7) is 2.02. The molecule has 1 nitrogen and oxygen atoms in total. The Labute approximate surface area is 125 Å². The van der Waals surface area contributed by atoms with Gasteiger partial charge in [-0.3, -0.25) is 4.98 Å². The summed E-state index contributed by atoms with van der Waals surface area (Å²) in [5.74, 6) is 0. The van der Waals surface area contributed by atoms with Gasteiger partial charge >= 0.3 is 0 Å². The maximum atomic E-state index is 4.63. The SMILES string of the molecule is Cc1cccc(-c2ccccc2/C=C/c2ccccc2)n1. The van der Waals surface area contributed by atoms with Crippen molar-refractivity contribution in [2.75, 3.05) is 0 Å². The Morgan fingerprint density at radius 1 is 0.714 bits per heavy atom. The molecule has 0 unspecified atom stereocenters. The van der Waals surface area contributed by atoms with Gasteiger partial charge in [-0.05, 0) is 30.2 Å². The van der Waals surface area contributed by atoms with Gasteiger partial charge in [0.15, 0.2) is 0 Å². The lowest BCUT2D eigenvalue weighted by Crippen LogP contribution is -1.88. The van der Waals surface area contributed by atoms with Gasteiger partial charge in [-0.2, -0.15) is 0 Å². The van der Waals surface area contributed by atoms with Crippen LogP contribution in [0.2, 0.25) is 0 Å². The Balaban J connectivity index is 1.99. The quantitative estimate of drug-likeness (QED) is 0.594. The van der Waals surface area contributed by atoms with Crippen LogP contribution < -0.4 is 0 Å². The highest BCUT2D eigenvalue weighted by Crippen LogP contribution is 2.23. The second-order valence-electron chi connectivity index (χ2n) is 5.00. The molecule has 0 N–H and O–H groups in total. The van der Waals surface area contributed by atoms with E-state index in [-0.39, 0.29) is 0 Å². The molecule has 0 atom stereocenters. The van der Waals surface area contributed by atoms with E-state index in [1.54, 1.807) is 0 Å². The van der Waals surface area contributed by atoms with Crippen molar-refractivity contribution < 1.29 is 0 Å². The summed E-state index contributed by atoms with van der Waals surface area (Å²) in [6, 6.07) is 24.8. The number of hydrogen-bond acceptors (Lipinski definition) is 1. The van der Waals surface area contributed by atoms with Crippen LogP contribution in [-0.4, -0.2) is 4.98 Å². The number of hydrogen-bond donors (Lipinski definition) is 0. The fourth-order valence-corrected chi connectivity index (χ4v) is 2.32. The molecule has 1 heteroatoms. The lowest BCUT2D eigenvalue weighted by molar-refractivity contribution is 1.20. The van der Waals surface area contributed by atoms with E-state index in [0.717, 1.165) is 17.0 Å². The van der Waals surface area contributed by atoms with Crippen molar-refractivity contribution in [3.8, 4) is 11.3 Å². The van der Waals surface area contributed by atoms with Gasteiger partial charge in [-0.1, -0.05) is 72.8 Å². The Kier molecular flexibility index (Phi) is 3.92. The highest BCUT2D eigenvalue weighted by molar-refractivity contribution is 5.79. The van der Waals surface area contributed by atoms with Crippen LogP contribution in [0.3, 0.4) is 0 Å². The van der Waals surface area contributed by atoms with E-state index in [9.17, 15) is 0 Å². The van der Waals surface area contributed by atoms with Gasteiger partial charge in [0.05, 0.1) is 5.69 Å². The van der Waals surface area contributed by atoms with Crippen LogP contribution in [0.5, 0.6) is 0 Å². The number of benzene rings is 2. The molecule has 2 aromatic carbocycles. The predicted octanol–water partition coefficient (Wildman–Crippen LogP) is 5.23. The average Bonchev–Trinajstić information content (AvgIpc) is 2.54. The number of rotatable bonds is 3. The first-order valence-corrected chi connectivity index (χ1v) is 7.09. The van der Waals surface area contributed by atoms with Gasteiger partial charge in [0.2, 0.25) is 0 Å². The van der Waals surface area contributed by atoms with Crippen molar-refractivity contribution in [3.05, 3.63) is 89.6 Å². The number of aromatic nitrogens is 1. The minimum absolute atomic E-state index is 1.02. The molecule has 21 heavy (non-hydrogen) atoms. The van der Waals surface area contributed by atoms with Crippen molar-refractivity contribution in [1.29, 1.82) is 0 Å². The lowest BCUT2D eigenvalue weighted by Gasteiger charge is -2.06. The molecule has 1 aromatic heterocycles. The third-order valence-electron chi connectivity index (χ3n) is 3.38. The van der Waals surface area contributed by atoms with Gasteiger partial charge in [0, 0.05) is 11.3 Å². The van der Waals surface area contributed by atoms with Crippen LogP contribution in [0.4, 0.5) is 0 Å². The van der Waals surface area contributed by atoms with E-state index in [0.29, 0.717) is 0 Å². The smallest absolute Gasteiger partial charge is 0.0711 e. The summed E-state index contributed by atoms with van der Waals surface area (Å²) >= 11 is 0. The summed E-state index contributed by atoms with van der Waals surface area (Å²) in [6.07, 6.45) is 4.28. The van der Waals surface area contributed by atoms with Crippen molar-refractivity contribution in [1.82, 2.24) is 4.98 Å². The van der Waals surface area contributed by atoms with Gasteiger partial charge < -0.3 is 0 Å². The Morgan fingerprint density at radius 2 is 1.48 bits per heavy atom. The zero-order chi connectivity index (χ0) is 14.5. The summed E-state index contributed by atoms with van der Waals surface area (Å²) in [7, 11) is 0. The summed E-state index contributed by atoms with van der Waals surface area (Å²) in [5, 5.41) is 0. The van der Waals surface area contributed by atoms with E-state index >= 15 is 0 Å². The van der Waals surface area contributed by atoms with Gasteiger partial charge in [-0.15, -0.1) is 0 Å². The number of aryl methyl sites for hydroxylation is 1. The maximum absolute atomic E-state index is 4.63. The second-order valence-corrected chi connectivity index (χ2v) is 5.00. The van der Waals surface area contributed by atoms with Crippen molar-refractivity contribution in [2.45, 2.75) is 6.92 Å². The molecule has 1 heterocycles. The van der Waals surface area contributed by atoms with E-state index in [1.807, 2.05) is 31.2 Å². The number of pyridine rings is 1. The van der Waals surface area contributed by atoms with Gasteiger partial charge in [0.1, 0.15) is 0 Å². The summed E-state index contributed by atoms with van der Waals surface area (Å²) < 4.78 is 0. The van der Waals surface area contributed by atoms with Crippen molar-refractivity contribution >= 4 is 12.2 Å². The fraction of sp³-hybridized carbons (Fsp3) is 0.0500. The first-order chi connectivity index (χ1) is 10.3. The first kappa shape index (κ1) is 13.3.